The van der Waals surface area contributed by atoms with E-state index in [0.717, 1.165) is 17.8 Å². The van der Waals surface area contributed by atoms with E-state index < -0.39 is 27.9 Å². The van der Waals surface area contributed by atoms with Crippen LogP contribution in [-0.2, 0) is 16.6 Å². The minimum Gasteiger partial charge on any atom is -0.395 e. The van der Waals surface area contributed by atoms with Crippen molar-refractivity contribution in [2.45, 2.75) is 11.4 Å². The van der Waals surface area contributed by atoms with E-state index in [4.69, 9.17) is 9.84 Å². The highest BCUT2D eigenvalue weighted by molar-refractivity contribution is 7.90. The Morgan fingerprint density at radius 2 is 1.66 bits per heavy atom. The van der Waals surface area contributed by atoms with Crippen LogP contribution in [0.4, 0.5) is 4.79 Å². The van der Waals surface area contributed by atoms with Crippen LogP contribution >= 0.6 is 0 Å². The number of sulfonamides is 1. The zero-order valence-corrected chi connectivity index (χ0v) is 19.1. The summed E-state index contributed by atoms with van der Waals surface area (Å²) >= 11 is 0. The van der Waals surface area contributed by atoms with Gasteiger partial charge in [-0.2, -0.15) is 0 Å². The molecule has 0 saturated carbocycles. The van der Waals surface area contributed by atoms with Crippen molar-refractivity contribution in [3.8, 4) is 5.88 Å². The van der Waals surface area contributed by atoms with Crippen molar-refractivity contribution in [3.05, 3.63) is 89.6 Å². The molecule has 0 fully saturated rings. The normalized spacial score (nSPS) is 10.8. The van der Waals surface area contributed by atoms with Crippen LogP contribution in [0, 0.1) is 0 Å². The fraction of sp³-hybridized carbons (Fsp3) is 0.130. The van der Waals surface area contributed by atoms with Crippen molar-refractivity contribution < 1.29 is 32.6 Å². The highest BCUT2D eigenvalue weighted by Gasteiger charge is 2.20. The summed E-state index contributed by atoms with van der Waals surface area (Å²) in [5, 5.41) is 13.6. The van der Waals surface area contributed by atoms with Crippen LogP contribution in [0.15, 0.2) is 77.8 Å². The van der Waals surface area contributed by atoms with Gasteiger partial charge < -0.3 is 20.5 Å². The van der Waals surface area contributed by atoms with Gasteiger partial charge in [0.05, 0.1) is 17.1 Å². The molecule has 2 aromatic carbocycles. The van der Waals surface area contributed by atoms with Crippen LogP contribution in [0.25, 0.3) is 0 Å². The van der Waals surface area contributed by atoms with Gasteiger partial charge in [-0.15, -0.1) is 0 Å². The summed E-state index contributed by atoms with van der Waals surface area (Å²) in [6.45, 7) is -0.00631. The van der Waals surface area contributed by atoms with E-state index in [0.29, 0.717) is 0 Å². The van der Waals surface area contributed by atoms with Gasteiger partial charge in [0.1, 0.15) is 0 Å². The highest BCUT2D eigenvalue weighted by atomic mass is 32.2. The second kappa shape index (κ2) is 11.7. The van der Waals surface area contributed by atoms with E-state index in [1.165, 1.54) is 30.3 Å². The van der Waals surface area contributed by atoms with Gasteiger partial charge in [-0.1, -0.05) is 36.4 Å². The Labute approximate surface area is 201 Å². The van der Waals surface area contributed by atoms with Crippen molar-refractivity contribution in [1.29, 1.82) is 0 Å². The number of nitrogens with zero attached hydrogens (tertiary/aromatic N) is 1. The smallest absolute Gasteiger partial charge is 0.395 e. The fourth-order valence-corrected chi connectivity index (χ4v) is 3.81. The molecule has 1 heterocycles. The third-order valence-electron chi connectivity index (χ3n) is 4.51. The summed E-state index contributed by atoms with van der Waals surface area (Å²) in [5.41, 5.74) is 0.889. The maximum absolute atomic E-state index is 12.7. The summed E-state index contributed by atoms with van der Waals surface area (Å²) in [4.78, 5) is 39.8. The molecule has 0 aliphatic carbocycles. The van der Waals surface area contributed by atoms with Gasteiger partial charge in [0.2, 0.25) is 5.88 Å². The van der Waals surface area contributed by atoms with Crippen molar-refractivity contribution >= 4 is 27.9 Å². The topological polar surface area (TPSA) is 164 Å². The van der Waals surface area contributed by atoms with E-state index in [9.17, 15) is 22.8 Å². The van der Waals surface area contributed by atoms with Crippen LogP contribution in [0.2, 0.25) is 0 Å². The molecular formula is C23H22N4O7S. The van der Waals surface area contributed by atoms with Gasteiger partial charge in [-0.3, -0.25) is 9.59 Å². The quantitative estimate of drug-likeness (QED) is 0.342. The molecule has 0 aliphatic rings. The molecule has 0 radical (unpaired) electrons. The van der Waals surface area contributed by atoms with Crippen LogP contribution in [-0.4, -0.2) is 49.6 Å². The minimum absolute atomic E-state index is 0.00688. The Morgan fingerprint density at radius 3 is 2.34 bits per heavy atom. The summed E-state index contributed by atoms with van der Waals surface area (Å²) in [6.07, 6.45) is 0.187. The zero-order valence-electron chi connectivity index (χ0n) is 18.3. The number of aliphatic hydroxyl groups is 1. The molecule has 4 N–H and O–H groups in total. The molecule has 3 aromatic rings. The number of carbonyl (C=O) groups excluding carboxylic acids is 3. The van der Waals surface area contributed by atoms with Crippen LogP contribution < -0.4 is 20.1 Å². The monoisotopic (exact) mass is 498 g/mol. The standard InChI is InChI=1S/C23H22N4O7S/c28-12-11-24-23(31)34-20-10-9-18(15-25-20)22(30)27-35(32,33)19-8-4-7-17(13-19)21(29)26-14-16-5-2-1-3-6-16/h1-10,13,15,28H,11-12,14H2,(H,24,31)(H,26,29)(H,27,30). The number of aromatic nitrogens is 1. The molecule has 11 nitrogen and oxygen atoms in total. The van der Waals surface area contributed by atoms with E-state index in [1.54, 1.807) is 0 Å². The summed E-state index contributed by atoms with van der Waals surface area (Å²) in [6, 6.07) is 16.9. The molecule has 0 atom stereocenters. The molecule has 1 aromatic heterocycles. The fourth-order valence-electron chi connectivity index (χ4n) is 2.79. The highest BCUT2D eigenvalue weighted by Crippen LogP contribution is 2.14. The van der Waals surface area contributed by atoms with Gasteiger partial charge in [0, 0.05) is 30.9 Å². The van der Waals surface area contributed by atoms with Gasteiger partial charge in [0.25, 0.3) is 21.8 Å². The average molecular weight is 499 g/mol. The average Bonchev–Trinajstić information content (AvgIpc) is 2.87. The molecule has 0 saturated heterocycles. The molecule has 3 amide bonds. The lowest BCUT2D eigenvalue weighted by Crippen LogP contribution is -2.31. The minimum atomic E-state index is -4.30. The third-order valence-corrected chi connectivity index (χ3v) is 5.84. The van der Waals surface area contributed by atoms with Crippen molar-refractivity contribution in [2.24, 2.45) is 0 Å². The lowest BCUT2D eigenvalue weighted by Gasteiger charge is -2.10. The molecular weight excluding hydrogens is 476 g/mol. The Balaban J connectivity index is 1.63. The van der Waals surface area contributed by atoms with Crippen molar-refractivity contribution in [1.82, 2.24) is 20.3 Å². The Hall–Kier alpha value is -4.29. The largest absolute Gasteiger partial charge is 0.414 e. The number of carbonyl (C=O) groups is 3. The van der Waals surface area contributed by atoms with Crippen LogP contribution in [0.3, 0.4) is 0 Å². The molecule has 0 aliphatic heterocycles. The second-order valence-corrected chi connectivity index (χ2v) is 8.74. The summed E-state index contributed by atoms with van der Waals surface area (Å²) in [7, 11) is -4.30. The van der Waals surface area contributed by atoms with Gasteiger partial charge in [-0.25, -0.2) is 22.9 Å². The maximum atomic E-state index is 12.7. The molecule has 12 heteroatoms. The SMILES string of the molecule is O=C(NCCO)Oc1ccc(C(=O)NS(=O)(=O)c2cccc(C(=O)NCc3ccccc3)c2)cn1. The predicted molar refractivity (Wildman–Crippen MR) is 124 cm³/mol. The predicted octanol–water partition coefficient (Wildman–Crippen LogP) is 1.21. The van der Waals surface area contributed by atoms with Gasteiger partial charge in [0.15, 0.2) is 0 Å². The Kier molecular flexibility index (Phi) is 8.48. The van der Waals surface area contributed by atoms with E-state index in [-0.39, 0.29) is 41.6 Å². The molecule has 0 unspecified atom stereocenters. The number of hydrogen-bond acceptors (Lipinski definition) is 8. The molecule has 3 rings (SSSR count). The number of hydrogen-bond donors (Lipinski definition) is 4. The van der Waals surface area contributed by atoms with Crippen LogP contribution in [0.5, 0.6) is 5.88 Å². The van der Waals surface area contributed by atoms with Crippen molar-refractivity contribution in [2.75, 3.05) is 13.2 Å². The first-order valence-corrected chi connectivity index (χ1v) is 11.8. The van der Waals surface area contributed by atoms with E-state index in [1.807, 2.05) is 35.1 Å². The lowest BCUT2D eigenvalue weighted by atomic mass is 10.2. The number of amides is 3. The lowest BCUT2D eigenvalue weighted by molar-refractivity contribution is 0.0949. The number of nitrogens with one attached hydrogen (secondary N) is 3. The van der Waals surface area contributed by atoms with Crippen LogP contribution in [0.1, 0.15) is 26.3 Å². The van der Waals surface area contributed by atoms with E-state index >= 15 is 0 Å². The second-order valence-electron chi connectivity index (χ2n) is 7.06. The number of benzene rings is 2. The molecule has 182 valence electrons. The Bertz CT molecular complexity index is 1300. The number of aliphatic hydroxyl groups excluding tert-OH is 1. The zero-order chi connectivity index (χ0) is 25.3. The molecule has 0 spiro atoms. The first-order chi connectivity index (χ1) is 16.8. The Morgan fingerprint density at radius 1 is 0.886 bits per heavy atom. The summed E-state index contributed by atoms with van der Waals surface area (Å²) in [5.74, 6) is -1.57. The summed E-state index contributed by atoms with van der Waals surface area (Å²) < 4.78 is 32.2. The molecule has 35 heavy (non-hydrogen) atoms. The van der Waals surface area contributed by atoms with E-state index in [2.05, 4.69) is 15.6 Å². The van der Waals surface area contributed by atoms with Gasteiger partial charge in [-0.05, 0) is 29.8 Å². The maximum Gasteiger partial charge on any atom is 0.414 e. The first kappa shape index (κ1) is 25.3. The number of rotatable bonds is 9. The van der Waals surface area contributed by atoms with Crippen molar-refractivity contribution in [3.63, 3.8) is 0 Å². The third kappa shape index (κ3) is 7.35. The first-order valence-electron chi connectivity index (χ1n) is 10.3. The molecule has 0 bridgehead atoms. The number of ether oxygens (including phenoxy) is 1. The number of pyridine rings is 1. The van der Waals surface area contributed by atoms with Gasteiger partial charge >= 0.3 is 6.09 Å².